The highest BCUT2D eigenvalue weighted by atomic mass is 16.3. The van der Waals surface area contributed by atoms with Gasteiger partial charge in [-0.05, 0) is 115 Å². The van der Waals surface area contributed by atoms with Gasteiger partial charge in [0.2, 0.25) is 0 Å². The standard InChI is InChI=1S/C62H41NO/c1-4-16-42(17-5-1)43-28-30-44(31-29-43)45-32-34-50(35-33-45)63(51-36-37-56-55-26-14-15-27-60(55)64-61(56)41-51)62-58(46-18-6-2-7-19-46)39-49(40-59(62)47-20-8-3-9-21-47)57-38-48-22-10-11-23-52(48)53-24-12-13-25-54(53)57/h1-41H. The minimum Gasteiger partial charge on any atom is -0.456 e. The normalized spacial score (nSPS) is 11.4. The van der Waals surface area contributed by atoms with Crippen molar-refractivity contribution in [2.75, 3.05) is 4.90 Å². The molecule has 0 saturated heterocycles. The Bertz CT molecular complexity index is 3570. The SMILES string of the molecule is c1ccc(-c2ccc(-c3ccc(N(c4ccc5c(c4)oc4ccccc45)c4c(-c5ccccc5)cc(-c5cc6ccccc6c6ccccc56)cc4-c4ccccc4)cc3)cc2)cc1. The zero-order valence-corrected chi connectivity index (χ0v) is 35.0. The van der Waals surface area contributed by atoms with Crippen molar-refractivity contribution in [3.63, 3.8) is 0 Å². The van der Waals surface area contributed by atoms with E-state index in [0.717, 1.165) is 72.4 Å². The van der Waals surface area contributed by atoms with Crippen molar-refractivity contribution in [1.29, 1.82) is 0 Å². The molecular formula is C62H41NO. The topological polar surface area (TPSA) is 16.4 Å². The summed E-state index contributed by atoms with van der Waals surface area (Å²) < 4.78 is 6.59. The molecule has 0 fully saturated rings. The molecule has 2 nitrogen and oxygen atoms in total. The summed E-state index contributed by atoms with van der Waals surface area (Å²) in [5.41, 5.74) is 16.5. The van der Waals surface area contributed by atoms with Crippen molar-refractivity contribution in [2.45, 2.75) is 0 Å². The summed E-state index contributed by atoms with van der Waals surface area (Å²) in [5.74, 6) is 0. The molecule has 11 aromatic carbocycles. The van der Waals surface area contributed by atoms with Crippen LogP contribution in [0.4, 0.5) is 17.1 Å². The monoisotopic (exact) mass is 815 g/mol. The van der Waals surface area contributed by atoms with Gasteiger partial charge in [0, 0.05) is 39.3 Å². The quantitative estimate of drug-likeness (QED) is 0.142. The molecular weight excluding hydrogens is 775 g/mol. The van der Waals surface area contributed by atoms with Gasteiger partial charge in [-0.2, -0.15) is 0 Å². The minimum absolute atomic E-state index is 0.848. The smallest absolute Gasteiger partial charge is 0.137 e. The first-order chi connectivity index (χ1) is 31.7. The first kappa shape index (κ1) is 37.3. The molecule has 300 valence electrons. The van der Waals surface area contributed by atoms with Crippen molar-refractivity contribution in [3.05, 3.63) is 249 Å². The van der Waals surface area contributed by atoms with Crippen LogP contribution >= 0.6 is 0 Å². The number of hydrogen-bond acceptors (Lipinski definition) is 2. The number of nitrogens with zero attached hydrogens (tertiary/aromatic N) is 1. The highest BCUT2D eigenvalue weighted by Gasteiger charge is 2.25. The van der Waals surface area contributed by atoms with Crippen molar-refractivity contribution in [1.82, 2.24) is 0 Å². The van der Waals surface area contributed by atoms with Crippen LogP contribution in [0.1, 0.15) is 0 Å². The molecule has 0 unspecified atom stereocenters. The predicted molar refractivity (Wildman–Crippen MR) is 271 cm³/mol. The third-order valence-electron chi connectivity index (χ3n) is 12.7. The van der Waals surface area contributed by atoms with Gasteiger partial charge in [-0.15, -0.1) is 0 Å². The fraction of sp³-hybridized carbons (Fsp3) is 0. The molecule has 0 atom stereocenters. The van der Waals surface area contributed by atoms with Gasteiger partial charge in [0.05, 0.1) is 5.69 Å². The van der Waals surface area contributed by atoms with Crippen LogP contribution in [0.2, 0.25) is 0 Å². The van der Waals surface area contributed by atoms with Gasteiger partial charge in [-0.25, -0.2) is 0 Å². The van der Waals surface area contributed by atoms with Gasteiger partial charge < -0.3 is 9.32 Å². The molecule has 0 bridgehead atoms. The molecule has 2 heteroatoms. The van der Waals surface area contributed by atoms with Crippen LogP contribution in [0.3, 0.4) is 0 Å². The van der Waals surface area contributed by atoms with Gasteiger partial charge in [-0.1, -0.05) is 194 Å². The third-order valence-corrected chi connectivity index (χ3v) is 12.7. The van der Waals surface area contributed by atoms with E-state index >= 15 is 0 Å². The van der Waals surface area contributed by atoms with Crippen molar-refractivity contribution in [2.24, 2.45) is 0 Å². The lowest BCUT2D eigenvalue weighted by Gasteiger charge is -2.31. The second-order valence-electron chi connectivity index (χ2n) is 16.4. The first-order valence-electron chi connectivity index (χ1n) is 21.9. The maximum Gasteiger partial charge on any atom is 0.137 e. The zero-order chi connectivity index (χ0) is 42.4. The molecule has 12 aromatic rings. The lowest BCUT2D eigenvalue weighted by molar-refractivity contribution is 0.669. The Labute approximate surface area is 372 Å². The van der Waals surface area contributed by atoms with Gasteiger partial charge >= 0.3 is 0 Å². The second kappa shape index (κ2) is 15.8. The molecule has 0 spiro atoms. The molecule has 64 heavy (non-hydrogen) atoms. The van der Waals surface area contributed by atoms with Crippen molar-refractivity contribution < 1.29 is 4.42 Å². The van der Waals surface area contributed by atoms with Crippen LogP contribution in [0.15, 0.2) is 253 Å². The summed E-state index contributed by atoms with van der Waals surface area (Å²) in [6.07, 6.45) is 0. The van der Waals surface area contributed by atoms with Gasteiger partial charge in [-0.3, -0.25) is 0 Å². The molecule has 0 aliphatic rings. The Morgan fingerprint density at radius 1 is 0.250 bits per heavy atom. The molecule has 12 rings (SSSR count). The molecule has 0 aliphatic heterocycles. The number of hydrogen-bond donors (Lipinski definition) is 0. The number of rotatable bonds is 8. The van der Waals surface area contributed by atoms with E-state index in [4.69, 9.17) is 4.42 Å². The molecule has 0 saturated carbocycles. The van der Waals surface area contributed by atoms with E-state index in [-0.39, 0.29) is 0 Å². The number of furan rings is 1. The summed E-state index contributed by atoms with van der Waals surface area (Å²) in [7, 11) is 0. The second-order valence-corrected chi connectivity index (χ2v) is 16.4. The number of benzene rings is 11. The molecule has 0 amide bonds. The van der Waals surface area contributed by atoms with E-state index in [9.17, 15) is 0 Å². The third kappa shape index (κ3) is 6.61. The summed E-state index contributed by atoms with van der Waals surface area (Å²) in [6, 6.07) is 89.8. The van der Waals surface area contributed by atoms with Gasteiger partial charge in [0.15, 0.2) is 0 Å². The molecule has 0 aliphatic carbocycles. The Hall–Kier alpha value is -8.46. The molecule has 1 heterocycles. The van der Waals surface area contributed by atoms with Gasteiger partial charge in [0.1, 0.15) is 11.2 Å². The largest absolute Gasteiger partial charge is 0.456 e. The Balaban J connectivity index is 1.11. The van der Waals surface area contributed by atoms with E-state index < -0.39 is 0 Å². The van der Waals surface area contributed by atoms with E-state index in [2.05, 4.69) is 241 Å². The fourth-order valence-corrected chi connectivity index (χ4v) is 9.55. The van der Waals surface area contributed by atoms with Crippen molar-refractivity contribution in [3.8, 4) is 55.6 Å². The lowest BCUT2D eigenvalue weighted by atomic mass is 9.87. The molecule has 0 N–H and O–H groups in total. The number of para-hydroxylation sites is 1. The van der Waals surface area contributed by atoms with Crippen LogP contribution in [0, 0.1) is 0 Å². The first-order valence-corrected chi connectivity index (χ1v) is 21.9. The van der Waals surface area contributed by atoms with E-state index in [1.807, 2.05) is 12.1 Å². The highest BCUT2D eigenvalue weighted by Crippen LogP contribution is 2.50. The summed E-state index contributed by atoms with van der Waals surface area (Å²) >= 11 is 0. The maximum atomic E-state index is 6.59. The number of anilines is 3. The van der Waals surface area contributed by atoms with Crippen LogP contribution in [-0.4, -0.2) is 0 Å². The van der Waals surface area contributed by atoms with E-state index in [1.54, 1.807) is 0 Å². The Morgan fingerprint density at radius 2 is 0.703 bits per heavy atom. The minimum atomic E-state index is 0.848. The van der Waals surface area contributed by atoms with Crippen molar-refractivity contribution >= 4 is 60.5 Å². The van der Waals surface area contributed by atoms with E-state index in [1.165, 1.54) is 43.8 Å². The lowest BCUT2D eigenvalue weighted by Crippen LogP contribution is -2.13. The zero-order valence-electron chi connectivity index (χ0n) is 35.0. The maximum absolute atomic E-state index is 6.59. The average molecular weight is 816 g/mol. The Kier molecular flexibility index (Phi) is 9.20. The van der Waals surface area contributed by atoms with Crippen LogP contribution < -0.4 is 4.90 Å². The number of fused-ring (bicyclic) bond motifs is 6. The van der Waals surface area contributed by atoms with Crippen LogP contribution in [0.25, 0.3) is 99.1 Å². The summed E-state index contributed by atoms with van der Waals surface area (Å²) in [5, 5.41) is 7.16. The molecule has 1 aromatic heterocycles. The van der Waals surface area contributed by atoms with E-state index in [0.29, 0.717) is 0 Å². The fourth-order valence-electron chi connectivity index (χ4n) is 9.55. The summed E-state index contributed by atoms with van der Waals surface area (Å²) in [4.78, 5) is 2.43. The molecule has 0 radical (unpaired) electrons. The Morgan fingerprint density at radius 3 is 1.33 bits per heavy atom. The predicted octanol–water partition coefficient (Wildman–Crippen LogP) is 17.7. The highest BCUT2D eigenvalue weighted by molar-refractivity contribution is 6.15. The van der Waals surface area contributed by atoms with Crippen LogP contribution in [0.5, 0.6) is 0 Å². The average Bonchev–Trinajstić information content (AvgIpc) is 3.75. The van der Waals surface area contributed by atoms with Crippen LogP contribution in [-0.2, 0) is 0 Å². The summed E-state index contributed by atoms with van der Waals surface area (Å²) in [6.45, 7) is 0. The van der Waals surface area contributed by atoms with Gasteiger partial charge in [0.25, 0.3) is 0 Å².